The number of piperidine rings is 1. The van der Waals surface area contributed by atoms with Gasteiger partial charge in [-0.05, 0) is 44.5 Å². The van der Waals surface area contributed by atoms with E-state index in [2.05, 4.69) is 10.6 Å². The Labute approximate surface area is 133 Å². The highest BCUT2D eigenvalue weighted by Gasteiger charge is 2.34. The van der Waals surface area contributed by atoms with E-state index < -0.39 is 35.3 Å². The summed E-state index contributed by atoms with van der Waals surface area (Å²) in [5.41, 5.74) is -0.609. The minimum absolute atomic E-state index is 0.0408. The Hall–Kier alpha value is -2.18. The van der Waals surface area contributed by atoms with Gasteiger partial charge in [0.05, 0.1) is 6.04 Å². The second kappa shape index (κ2) is 6.52. The van der Waals surface area contributed by atoms with Crippen molar-refractivity contribution in [2.75, 3.05) is 6.54 Å². The first-order valence-corrected chi connectivity index (χ1v) is 7.37. The maximum Gasteiger partial charge on any atom is 0.407 e. The Kier molecular flexibility index (Phi) is 4.87. The molecule has 1 aliphatic heterocycles. The van der Waals surface area contributed by atoms with Crippen molar-refractivity contribution in [1.29, 1.82) is 0 Å². The molecule has 2 rings (SSSR count). The summed E-state index contributed by atoms with van der Waals surface area (Å²) in [6.45, 7) is 5.29. The van der Waals surface area contributed by atoms with Crippen LogP contribution < -0.4 is 10.6 Å². The molecule has 7 heteroatoms. The second-order valence-electron chi connectivity index (χ2n) is 6.53. The largest absolute Gasteiger partial charge is 0.444 e. The van der Waals surface area contributed by atoms with Gasteiger partial charge in [0.25, 0.3) is 0 Å². The molecule has 1 aromatic carbocycles. The quantitative estimate of drug-likeness (QED) is 0.877. The molecule has 0 bridgehead atoms. The van der Waals surface area contributed by atoms with Crippen LogP contribution in [0.3, 0.4) is 0 Å². The molecular formula is C16H20F2N2O3. The normalized spacial score (nSPS) is 21.5. The Balaban J connectivity index is 2.21. The third kappa shape index (κ3) is 4.64. The van der Waals surface area contributed by atoms with Crippen molar-refractivity contribution >= 4 is 12.0 Å². The van der Waals surface area contributed by atoms with E-state index in [1.807, 2.05) is 0 Å². The van der Waals surface area contributed by atoms with Crippen LogP contribution in [0.2, 0.25) is 0 Å². The highest BCUT2D eigenvalue weighted by Crippen LogP contribution is 2.29. The van der Waals surface area contributed by atoms with Crippen molar-refractivity contribution in [3.8, 4) is 0 Å². The van der Waals surface area contributed by atoms with Crippen LogP contribution in [0.5, 0.6) is 0 Å². The third-order valence-electron chi connectivity index (χ3n) is 3.47. The Morgan fingerprint density at radius 1 is 1.35 bits per heavy atom. The highest BCUT2D eigenvalue weighted by atomic mass is 19.1. The maximum atomic E-state index is 14.0. The van der Waals surface area contributed by atoms with Crippen molar-refractivity contribution in [1.82, 2.24) is 10.6 Å². The monoisotopic (exact) mass is 326 g/mol. The molecule has 0 radical (unpaired) electrons. The summed E-state index contributed by atoms with van der Waals surface area (Å²) >= 11 is 0. The van der Waals surface area contributed by atoms with Gasteiger partial charge >= 0.3 is 6.09 Å². The van der Waals surface area contributed by atoms with Gasteiger partial charge in [-0.15, -0.1) is 0 Å². The predicted octanol–water partition coefficient (Wildman–Crippen LogP) is 2.46. The number of rotatable bonds is 2. The molecule has 1 heterocycles. The lowest BCUT2D eigenvalue weighted by Crippen LogP contribution is -2.53. The van der Waals surface area contributed by atoms with Crippen LogP contribution in [-0.2, 0) is 9.53 Å². The van der Waals surface area contributed by atoms with Crippen LogP contribution in [0.25, 0.3) is 0 Å². The van der Waals surface area contributed by atoms with Gasteiger partial charge in [-0.1, -0.05) is 0 Å². The number of ether oxygens (including phenoxy) is 1. The molecule has 1 fully saturated rings. The van der Waals surface area contributed by atoms with Gasteiger partial charge in [-0.25, -0.2) is 13.6 Å². The fraction of sp³-hybridized carbons (Fsp3) is 0.500. The van der Waals surface area contributed by atoms with Gasteiger partial charge in [0, 0.05) is 18.9 Å². The lowest BCUT2D eigenvalue weighted by Gasteiger charge is -2.33. The fourth-order valence-corrected chi connectivity index (χ4v) is 2.52. The van der Waals surface area contributed by atoms with Crippen LogP contribution in [0.4, 0.5) is 13.6 Å². The van der Waals surface area contributed by atoms with E-state index in [1.165, 1.54) is 0 Å². The number of alkyl carbamates (subject to hydrolysis) is 1. The minimum atomic E-state index is -0.679. The molecular weight excluding hydrogens is 306 g/mol. The fourth-order valence-electron chi connectivity index (χ4n) is 2.52. The summed E-state index contributed by atoms with van der Waals surface area (Å²) in [7, 11) is 0. The predicted molar refractivity (Wildman–Crippen MR) is 79.9 cm³/mol. The molecule has 2 N–H and O–H groups in total. The highest BCUT2D eigenvalue weighted by molar-refractivity contribution is 5.79. The van der Waals surface area contributed by atoms with Crippen LogP contribution in [-0.4, -0.2) is 30.2 Å². The molecule has 0 aromatic heterocycles. The van der Waals surface area contributed by atoms with Crippen LogP contribution in [0.15, 0.2) is 18.2 Å². The Bertz CT molecular complexity index is 614. The van der Waals surface area contributed by atoms with Gasteiger partial charge in [0.15, 0.2) is 0 Å². The second-order valence-corrected chi connectivity index (χ2v) is 6.53. The van der Waals surface area contributed by atoms with E-state index >= 15 is 0 Å². The number of carbonyl (C=O) groups excluding carboxylic acids is 2. The van der Waals surface area contributed by atoms with Gasteiger partial charge in [0.2, 0.25) is 5.91 Å². The zero-order chi connectivity index (χ0) is 17.2. The number of nitrogens with one attached hydrogen (secondary N) is 2. The van der Waals surface area contributed by atoms with Gasteiger partial charge in [-0.2, -0.15) is 0 Å². The first kappa shape index (κ1) is 17.2. The Morgan fingerprint density at radius 2 is 2.04 bits per heavy atom. The average molecular weight is 326 g/mol. The SMILES string of the molecule is CC(C)(C)OC(=O)N[C@H]1CNC(=O)C[C@@H]1c1cc(F)ccc1F. The van der Waals surface area contributed by atoms with Crippen molar-refractivity contribution in [2.45, 2.75) is 44.8 Å². The van der Waals surface area contributed by atoms with Crippen LogP contribution in [0.1, 0.15) is 38.7 Å². The molecule has 2 atom stereocenters. The molecule has 0 saturated carbocycles. The first-order chi connectivity index (χ1) is 10.7. The number of hydrogen-bond donors (Lipinski definition) is 2. The Morgan fingerprint density at radius 3 is 2.70 bits per heavy atom. The lowest BCUT2D eigenvalue weighted by atomic mass is 9.85. The van der Waals surface area contributed by atoms with E-state index in [0.29, 0.717) is 0 Å². The molecule has 1 saturated heterocycles. The van der Waals surface area contributed by atoms with E-state index in [4.69, 9.17) is 4.74 Å². The van der Waals surface area contributed by atoms with Crippen molar-refractivity contribution in [3.05, 3.63) is 35.4 Å². The molecule has 1 aromatic rings. The zero-order valence-corrected chi connectivity index (χ0v) is 13.3. The number of halogens is 2. The van der Waals surface area contributed by atoms with E-state index in [1.54, 1.807) is 20.8 Å². The molecule has 23 heavy (non-hydrogen) atoms. The van der Waals surface area contributed by atoms with Crippen LogP contribution in [0, 0.1) is 11.6 Å². The summed E-state index contributed by atoms with van der Waals surface area (Å²) in [6.07, 6.45) is -0.707. The molecule has 1 aliphatic rings. The number of carbonyl (C=O) groups is 2. The number of benzene rings is 1. The first-order valence-electron chi connectivity index (χ1n) is 7.37. The third-order valence-corrected chi connectivity index (χ3v) is 3.47. The zero-order valence-electron chi connectivity index (χ0n) is 13.3. The summed E-state index contributed by atoms with van der Waals surface area (Å²) in [5.74, 6) is -2.14. The smallest absolute Gasteiger partial charge is 0.407 e. The standard InChI is InChI=1S/C16H20F2N2O3/c1-16(2,3)23-15(22)20-13-8-19-14(21)7-11(13)10-6-9(17)4-5-12(10)18/h4-6,11,13H,7-8H2,1-3H3,(H,19,21)(H,20,22)/t11-,13+/m1/s1. The molecule has 0 unspecified atom stereocenters. The number of hydrogen-bond acceptors (Lipinski definition) is 3. The van der Waals surface area contributed by atoms with Crippen LogP contribution >= 0.6 is 0 Å². The minimum Gasteiger partial charge on any atom is -0.444 e. The molecule has 0 aliphatic carbocycles. The van der Waals surface area contributed by atoms with Crippen molar-refractivity contribution in [2.24, 2.45) is 0 Å². The maximum absolute atomic E-state index is 14.0. The van der Waals surface area contributed by atoms with E-state index in [9.17, 15) is 18.4 Å². The van der Waals surface area contributed by atoms with Gasteiger partial charge in [0.1, 0.15) is 17.2 Å². The summed E-state index contributed by atoms with van der Waals surface area (Å²) in [5, 5.41) is 5.23. The molecule has 126 valence electrons. The summed E-state index contributed by atoms with van der Waals surface area (Å²) in [6, 6.07) is 2.50. The number of amides is 2. The van der Waals surface area contributed by atoms with Gasteiger partial charge in [-0.3, -0.25) is 4.79 Å². The van der Waals surface area contributed by atoms with E-state index in [-0.39, 0.29) is 24.4 Å². The van der Waals surface area contributed by atoms with Crippen molar-refractivity contribution in [3.63, 3.8) is 0 Å². The lowest BCUT2D eigenvalue weighted by molar-refractivity contribution is -0.123. The molecule has 2 amide bonds. The molecule has 5 nitrogen and oxygen atoms in total. The van der Waals surface area contributed by atoms with E-state index in [0.717, 1.165) is 18.2 Å². The van der Waals surface area contributed by atoms with Crippen molar-refractivity contribution < 1.29 is 23.1 Å². The average Bonchev–Trinajstić information content (AvgIpc) is 2.41. The van der Waals surface area contributed by atoms with Gasteiger partial charge < -0.3 is 15.4 Å². The summed E-state index contributed by atoms with van der Waals surface area (Å²) < 4.78 is 32.6. The molecule has 0 spiro atoms. The topological polar surface area (TPSA) is 67.4 Å². The summed E-state index contributed by atoms with van der Waals surface area (Å²) in [4.78, 5) is 23.6.